The zero-order chi connectivity index (χ0) is 14.9. The largest absolute Gasteiger partial charge is 0.325 e. The second kappa shape index (κ2) is 7.78. The summed E-state index contributed by atoms with van der Waals surface area (Å²) >= 11 is 0. The number of para-hydroxylation sites is 1. The van der Waals surface area contributed by atoms with E-state index in [1.165, 1.54) is 0 Å². The molecule has 0 unspecified atom stereocenters. The predicted molar refractivity (Wildman–Crippen MR) is 80.3 cm³/mol. The fourth-order valence-corrected chi connectivity index (χ4v) is 1.82. The third kappa shape index (κ3) is 4.71. The van der Waals surface area contributed by atoms with Crippen molar-refractivity contribution >= 4 is 11.6 Å². The molecule has 2 N–H and O–H groups in total. The van der Waals surface area contributed by atoms with Crippen molar-refractivity contribution in [3.05, 3.63) is 59.9 Å². The minimum absolute atomic E-state index is 0.119. The number of benzene rings is 1. The van der Waals surface area contributed by atoms with Crippen LogP contribution < -0.4 is 10.6 Å². The van der Waals surface area contributed by atoms with Gasteiger partial charge in [-0.1, -0.05) is 18.2 Å². The minimum atomic E-state index is -0.119. The summed E-state index contributed by atoms with van der Waals surface area (Å²) in [4.78, 5) is 16.0. The maximum absolute atomic E-state index is 11.8. The van der Waals surface area contributed by atoms with E-state index in [9.17, 15) is 4.79 Å². The average molecular weight is 280 g/mol. The van der Waals surface area contributed by atoms with Gasteiger partial charge in [0.1, 0.15) is 6.07 Å². The van der Waals surface area contributed by atoms with Gasteiger partial charge in [0.25, 0.3) is 0 Å². The molecule has 5 nitrogen and oxygen atoms in total. The van der Waals surface area contributed by atoms with Gasteiger partial charge in [-0.2, -0.15) is 5.26 Å². The smallest absolute Gasteiger partial charge is 0.225 e. The Balaban J connectivity index is 1.74. The molecule has 1 aromatic heterocycles. The lowest BCUT2D eigenvalue weighted by atomic mass is 10.2. The van der Waals surface area contributed by atoms with Crippen molar-refractivity contribution in [2.45, 2.75) is 13.0 Å². The van der Waals surface area contributed by atoms with Crippen molar-refractivity contribution in [3.8, 4) is 6.07 Å². The summed E-state index contributed by atoms with van der Waals surface area (Å²) in [6.45, 7) is 1.18. The molecule has 0 aliphatic rings. The lowest BCUT2D eigenvalue weighted by Crippen LogP contribution is -2.22. The molecule has 0 spiro atoms. The van der Waals surface area contributed by atoms with E-state index in [-0.39, 0.29) is 5.91 Å². The molecule has 1 heterocycles. The van der Waals surface area contributed by atoms with Gasteiger partial charge in [-0.05, 0) is 24.3 Å². The lowest BCUT2D eigenvalue weighted by molar-refractivity contribution is -0.116. The van der Waals surface area contributed by atoms with Gasteiger partial charge >= 0.3 is 0 Å². The van der Waals surface area contributed by atoms with Gasteiger partial charge in [0.2, 0.25) is 5.91 Å². The molecule has 2 rings (SSSR count). The molecule has 0 saturated heterocycles. The van der Waals surface area contributed by atoms with Crippen LogP contribution in [-0.2, 0) is 11.3 Å². The zero-order valence-corrected chi connectivity index (χ0v) is 11.5. The number of pyridine rings is 1. The molecule has 0 aliphatic carbocycles. The van der Waals surface area contributed by atoms with Crippen molar-refractivity contribution < 1.29 is 4.79 Å². The molecule has 0 saturated carbocycles. The Kier molecular flexibility index (Phi) is 5.44. The van der Waals surface area contributed by atoms with Crippen molar-refractivity contribution in [1.82, 2.24) is 10.3 Å². The summed E-state index contributed by atoms with van der Waals surface area (Å²) in [5.74, 6) is -0.119. The van der Waals surface area contributed by atoms with E-state index in [1.807, 2.05) is 18.2 Å². The van der Waals surface area contributed by atoms with Gasteiger partial charge in [-0.25, -0.2) is 0 Å². The van der Waals surface area contributed by atoms with Crippen LogP contribution in [-0.4, -0.2) is 17.4 Å². The summed E-state index contributed by atoms with van der Waals surface area (Å²) in [7, 11) is 0. The number of nitrogens with one attached hydrogen (secondary N) is 2. The van der Waals surface area contributed by atoms with Gasteiger partial charge in [0.05, 0.1) is 16.9 Å². The van der Waals surface area contributed by atoms with Crippen LogP contribution in [0, 0.1) is 11.3 Å². The van der Waals surface area contributed by atoms with E-state index >= 15 is 0 Å². The Morgan fingerprint density at radius 3 is 2.76 bits per heavy atom. The number of rotatable bonds is 6. The van der Waals surface area contributed by atoms with Crippen LogP contribution in [0.25, 0.3) is 0 Å². The van der Waals surface area contributed by atoms with Crippen LogP contribution in [0.3, 0.4) is 0 Å². The van der Waals surface area contributed by atoms with Crippen LogP contribution in [0.15, 0.2) is 48.7 Å². The Morgan fingerprint density at radius 1 is 1.19 bits per heavy atom. The van der Waals surface area contributed by atoms with Gasteiger partial charge in [-0.15, -0.1) is 0 Å². The standard InChI is InChI=1S/C16H16N4O/c17-11-13-5-1-2-7-15(13)20-16(21)8-10-18-12-14-6-3-4-9-19-14/h1-7,9,18H,8,10,12H2,(H,20,21). The summed E-state index contributed by atoms with van der Waals surface area (Å²) in [5.41, 5.74) is 1.95. The van der Waals surface area contributed by atoms with Gasteiger partial charge < -0.3 is 10.6 Å². The monoisotopic (exact) mass is 280 g/mol. The van der Waals surface area contributed by atoms with E-state index in [1.54, 1.807) is 30.5 Å². The first kappa shape index (κ1) is 14.7. The molecule has 2 aromatic rings. The molecule has 0 atom stereocenters. The Bertz CT molecular complexity index is 634. The number of anilines is 1. The molecule has 1 amide bonds. The summed E-state index contributed by atoms with van der Waals surface area (Å²) in [5, 5.41) is 14.9. The molecule has 5 heteroatoms. The highest BCUT2D eigenvalue weighted by molar-refractivity contribution is 5.92. The van der Waals surface area contributed by atoms with Crippen molar-refractivity contribution in [2.75, 3.05) is 11.9 Å². The first-order valence-corrected chi connectivity index (χ1v) is 6.69. The first-order valence-electron chi connectivity index (χ1n) is 6.69. The zero-order valence-electron chi connectivity index (χ0n) is 11.5. The number of nitrogens with zero attached hydrogens (tertiary/aromatic N) is 2. The molecule has 21 heavy (non-hydrogen) atoms. The Morgan fingerprint density at radius 2 is 2.00 bits per heavy atom. The first-order chi connectivity index (χ1) is 10.3. The SMILES string of the molecule is N#Cc1ccccc1NC(=O)CCNCc1ccccn1. The highest BCUT2D eigenvalue weighted by Gasteiger charge is 2.05. The maximum atomic E-state index is 11.8. The molecule has 0 radical (unpaired) electrons. The third-order valence-electron chi connectivity index (χ3n) is 2.88. The number of aromatic nitrogens is 1. The van der Waals surface area contributed by atoms with Gasteiger partial charge in [0, 0.05) is 25.7 Å². The Labute approximate surface area is 123 Å². The third-order valence-corrected chi connectivity index (χ3v) is 2.88. The number of carbonyl (C=O) groups is 1. The van der Waals surface area contributed by atoms with Crippen molar-refractivity contribution in [3.63, 3.8) is 0 Å². The second-order valence-corrected chi connectivity index (χ2v) is 4.45. The lowest BCUT2D eigenvalue weighted by Gasteiger charge is -2.07. The fourth-order valence-electron chi connectivity index (χ4n) is 1.82. The van der Waals surface area contributed by atoms with Crippen LogP contribution in [0.1, 0.15) is 17.7 Å². The van der Waals surface area contributed by atoms with Crippen LogP contribution >= 0.6 is 0 Å². The van der Waals surface area contributed by atoms with E-state index in [0.717, 1.165) is 5.69 Å². The minimum Gasteiger partial charge on any atom is -0.325 e. The summed E-state index contributed by atoms with van der Waals surface area (Å²) in [6.07, 6.45) is 2.08. The van der Waals surface area contributed by atoms with E-state index in [0.29, 0.717) is 30.8 Å². The number of nitriles is 1. The molecule has 0 bridgehead atoms. The van der Waals surface area contributed by atoms with Crippen LogP contribution in [0.2, 0.25) is 0 Å². The fraction of sp³-hybridized carbons (Fsp3) is 0.188. The second-order valence-electron chi connectivity index (χ2n) is 4.45. The highest BCUT2D eigenvalue weighted by Crippen LogP contribution is 2.13. The summed E-state index contributed by atoms with van der Waals surface area (Å²) < 4.78 is 0. The van der Waals surface area contributed by atoms with E-state index in [4.69, 9.17) is 5.26 Å². The van der Waals surface area contributed by atoms with Gasteiger partial charge in [0.15, 0.2) is 0 Å². The van der Waals surface area contributed by atoms with Crippen molar-refractivity contribution in [1.29, 1.82) is 5.26 Å². The molecule has 0 aliphatic heterocycles. The average Bonchev–Trinajstić information content (AvgIpc) is 2.53. The Hall–Kier alpha value is -2.71. The number of hydrogen-bond donors (Lipinski definition) is 2. The maximum Gasteiger partial charge on any atom is 0.225 e. The van der Waals surface area contributed by atoms with Gasteiger partial charge in [-0.3, -0.25) is 9.78 Å². The van der Waals surface area contributed by atoms with E-state index in [2.05, 4.69) is 21.7 Å². The molecule has 1 aromatic carbocycles. The molecular weight excluding hydrogens is 264 g/mol. The highest BCUT2D eigenvalue weighted by atomic mass is 16.1. The summed E-state index contributed by atoms with van der Waals surface area (Å²) in [6, 6.07) is 14.7. The molecule has 106 valence electrons. The van der Waals surface area contributed by atoms with E-state index < -0.39 is 0 Å². The van der Waals surface area contributed by atoms with Crippen molar-refractivity contribution in [2.24, 2.45) is 0 Å². The molecule has 0 fully saturated rings. The number of amides is 1. The topological polar surface area (TPSA) is 77.8 Å². The normalized spacial score (nSPS) is 9.86. The molecular formula is C16H16N4O. The number of carbonyl (C=O) groups excluding carboxylic acids is 1. The predicted octanol–water partition coefficient (Wildman–Crippen LogP) is 2.07. The van der Waals surface area contributed by atoms with Crippen LogP contribution in [0.4, 0.5) is 5.69 Å². The quantitative estimate of drug-likeness (QED) is 0.794. The van der Waals surface area contributed by atoms with Crippen LogP contribution in [0.5, 0.6) is 0 Å². The number of hydrogen-bond acceptors (Lipinski definition) is 4.